The van der Waals surface area contributed by atoms with Gasteiger partial charge in [-0.15, -0.1) is 0 Å². The third kappa shape index (κ3) is 1.66. The van der Waals surface area contributed by atoms with Gasteiger partial charge in [0.15, 0.2) is 6.23 Å². The second-order valence-electron chi connectivity index (χ2n) is 2.94. The molecule has 1 rings (SSSR count). The summed E-state index contributed by atoms with van der Waals surface area (Å²) in [5.74, 6) is -3.20. The van der Waals surface area contributed by atoms with Gasteiger partial charge in [0.1, 0.15) is 18.3 Å². The summed E-state index contributed by atoms with van der Waals surface area (Å²) >= 11 is 0. The zero-order chi connectivity index (χ0) is 10.2. The van der Waals surface area contributed by atoms with E-state index in [9.17, 15) is 4.39 Å². The molecule has 6 N–H and O–H groups in total. The Hall–Kier alpha value is -0.310. The normalized spacial score (nSPS) is 52.2. The SMILES string of the molecule is N[C@@H]1O[C@H](CO)[C@@H](O)[C@H](O)[C@]1(O)F. The largest absolute Gasteiger partial charge is 0.394 e. The number of nitrogens with two attached hydrogens (primary N) is 1. The molecule has 1 aliphatic rings. The fraction of sp³-hybridized carbons (Fsp3) is 1.00. The average molecular weight is 197 g/mol. The van der Waals surface area contributed by atoms with Crippen LogP contribution in [0.2, 0.25) is 0 Å². The molecule has 0 aromatic heterocycles. The molecule has 0 spiro atoms. The average Bonchev–Trinajstić information content (AvgIpc) is 2.09. The van der Waals surface area contributed by atoms with Crippen LogP contribution in [0.1, 0.15) is 0 Å². The highest BCUT2D eigenvalue weighted by Crippen LogP contribution is 2.28. The van der Waals surface area contributed by atoms with Crippen LogP contribution in [-0.4, -0.2) is 57.4 Å². The highest BCUT2D eigenvalue weighted by molar-refractivity contribution is 4.94. The number of halogens is 1. The molecule has 0 amide bonds. The van der Waals surface area contributed by atoms with E-state index in [1.54, 1.807) is 0 Å². The van der Waals surface area contributed by atoms with E-state index in [1.807, 2.05) is 0 Å². The van der Waals surface area contributed by atoms with Crippen molar-refractivity contribution in [2.24, 2.45) is 5.73 Å². The molecule has 0 radical (unpaired) electrons. The molecule has 0 aromatic carbocycles. The van der Waals surface area contributed by atoms with E-state index in [0.29, 0.717) is 0 Å². The first-order chi connectivity index (χ1) is 5.91. The maximum atomic E-state index is 13.0. The Balaban J connectivity index is 2.79. The zero-order valence-corrected chi connectivity index (χ0v) is 6.67. The lowest BCUT2D eigenvalue weighted by molar-refractivity contribution is -0.319. The molecule has 1 heterocycles. The van der Waals surface area contributed by atoms with Gasteiger partial charge in [-0.25, -0.2) is 4.39 Å². The summed E-state index contributed by atoms with van der Waals surface area (Å²) in [6.07, 6.45) is -6.78. The van der Waals surface area contributed by atoms with Gasteiger partial charge in [0.2, 0.25) is 0 Å². The van der Waals surface area contributed by atoms with E-state index in [2.05, 4.69) is 4.74 Å². The molecule has 0 bridgehead atoms. The second-order valence-corrected chi connectivity index (χ2v) is 2.94. The minimum absolute atomic E-state index is 0.623. The number of hydrogen-bond acceptors (Lipinski definition) is 6. The maximum absolute atomic E-state index is 13.0. The Morgan fingerprint density at radius 1 is 1.46 bits per heavy atom. The van der Waals surface area contributed by atoms with Crippen LogP contribution in [0.25, 0.3) is 0 Å². The van der Waals surface area contributed by atoms with Crippen LogP contribution >= 0.6 is 0 Å². The van der Waals surface area contributed by atoms with Gasteiger partial charge in [-0.05, 0) is 0 Å². The van der Waals surface area contributed by atoms with Crippen LogP contribution in [0.3, 0.4) is 0 Å². The molecule has 0 aromatic rings. The first-order valence-corrected chi connectivity index (χ1v) is 3.70. The Morgan fingerprint density at radius 2 is 2.00 bits per heavy atom. The molecule has 0 unspecified atom stereocenters. The van der Waals surface area contributed by atoms with Crippen molar-refractivity contribution in [1.29, 1.82) is 0 Å². The predicted molar refractivity (Wildman–Crippen MR) is 38.0 cm³/mol. The van der Waals surface area contributed by atoms with Crippen molar-refractivity contribution in [3.05, 3.63) is 0 Å². The first-order valence-electron chi connectivity index (χ1n) is 3.70. The van der Waals surface area contributed by atoms with Crippen LogP contribution in [0.15, 0.2) is 0 Å². The van der Waals surface area contributed by atoms with Crippen molar-refractivity contribution in [2.75, 3.05) is 6.61 Å². The van der Waals surface area contributed by atoms with Crippen molar-refractivity contribution in [1.82, 2.24) is 0 Å². The van der Waals surface area contributed by atoms with Gasteiger partial charge in [-0.3, -0.25) is 0 Å². The fourth-order valence-corrected chi connectivity index (χ4v) is 1.13. The van der Waals surface area contributed by atoms with Crippen LogP contribution in [0, 0.1) is 0 Å². The smallest absolute Gasteiger partial charge is 0.275 e. The summed E-state index contributed by atoms with van der Waals surface area (Å²) in [6, 6.07) is 0. The minimum atomic E-state index is -3.20. The highest BCUT2D eigenvalue weighted by atomic mass is 19.2. The molecule has 13 heavy (non-hydrogen) atoms. The minimum Gasteiger partial charge on any atom is -0.394 e. The standard InChI is InChI=1S/C6H12FNO5/c7-6(12)4(11)3(10)2(1-9)13-5(6)8/h2-5,9-12H,1,8H2/t2-,3-,4+,5-,6-/m1/s1. The van der Waals surface area contributed by atoms with E-state index in [-0.39, 0.29) is 0 Å². The van der Waals surface area contributed by atoms with Gasteiger partial charge in [0.05, 0.1) is 6.61 Å². The van der Waals surface area contributed by atoms with Gasteiger partial charge in [-0.2, -0.15) is 0 Å². The summed E-state index contributed by atoms with van der Waals surface area (Å²) in [6.45, 7) is -0.623. The highest BCUT2D eigenvalue weighted by Gasteiger charge is 2.54. The molecule has 1 saturated heterocycles. The maximum Gasteiger partial charge on any atom is 0.275 e. The second kappa shape index (κ2) is 3.45. The number of hydrogen-bond donors (Lipinski definition) is 5. The van der Waals surface area contributed by atoms with Crippen LogP contribution in [0.4, 0.5) is 4.39 Å². The van der Waals surface area contributed by atoms with E-state index in [0.717, 1.165) is 0 Å². The molecule has 5 atom stereocenters. The summed E-state index contributed by atoms with van der Waals surface area (Å²) in [4.78, 5) is 0. The van der Waals surface area contributed by atoms with Crippen molar-refractivity contribution < 1.29 is 29.6 Å². The monoisotopic (exact) mass is 197 g/mol. The number of rotatable bonds is 1. The lowest BCUT2D eigenvalue weighted by Gasteiger charge is -2.41. The van der Waals surface area contributed by atoms with E-state index < -0.39 is 37.0 Å². The fourth-order valence-electron chi connectivity index (χ4n) is 1.13. The predicted octanol–water partition coefficient (Wildman–Crippen LogP) is -2.96. The van der Waals surface area contributed by atoms with Crippen LogP contribution in [0.5, 0.6) is 0 Å². The Morgan fingerprint density at radius 3 is 2.46 bits per heavy atom. The van der Waals surface area contributed by atoms with Gasteiger partial charge in [0, 0.05) is 0 Å². The molecule has 6 nitrogen and oxygen atoms in total. The molecule has 78 valence electrons. The van der Waals surface area contributed by atoms with E-state index in [1.165, 1.54) is 0 Å². The summed E-state index contributed by atoms with van der Waals surface area (Å²) < 4.78 is 17.6. The summed E-state index contributed by atoms with van der Waals surface area (Å²) in [5.41, 5.74) is 5.00. The summed E-state index contributed by atoms with van der Waals surface area (Å²) in [5, 5.41) is 35.6. The first kappa shape index (κ1) is 10.8. The molecule has 1 fully saturated rings. The van der Waals surface area contributed by atoms with Gasteiger partial charge >= 0.3 is 0 Å². The quantitative estimate of drug-likeness (QED) is 0.307. The van der Waals surface area contributed by atoms with Gasteiger partial charge in [-0.1, -0.05) is 0 Å². The molecule has 1 aliphatic heterocycles. The molecular weight excluding hydrogens is 185 g/mol. The molecular formula is C6H12FNO5. The third-order valence-electron chi connectivity index (χ3n) is 2.02. The lowest BCUT2D eigenvalue weighted by atomic mass is 9.97. The lowest BCUT2D eigenvalue weighted by Crippen LogP contribution is -2.67. The zero-order valence-electron chi connectivity index (χ0n) is 6.67. The summed E-state index contributed by atoms with van der Waals surface area (Å²) in [7, 11) is 0. The Kier molecular flexibility index (Phi) is 2.85. The molecule has 0 aliphatic carbocycles. The number of aliphatic hydroxyl groups is 4. The van der Waals surface area contributed by atoms with Crippen molar-refractivity contribution in [3.8, 4) is 0 Å². The number of alkyl halides is 1. The van der Waals surface area contributed by atoms with Gasteiger partial charge in [0.25, 0.3) is 5.85 Å². The third-order valence-corrected chi connectivity index (χ3v) is 2.02. The van der Waals surface area contributed by atoms with Crippen molar-refractivity contribution in [2.45, 2.75) is 30.4 Å². The molecule has 7 heteroatoms. The van der Waals surface area contributed by atoms with Crippen LogP contribution < -0.4 is 5.73 Å². The Labute approximate surface area is 73.4 Å². The topological polar surface area (TPSA) is 116 Å². The number of aliphatic hydroxyl groups excluding tert-OH is 3. The molecule has 0 saturated carbocycles. The van der Waals surface area contributed by atoms with E-state index in [4.69, 9.17) is 26.2 Å². The van der Waals surface area contributed by atoms with Crippen LogP contribution in [-0.2, 0) is 4.74 Å². The Bertz CT molecular complexity index is 190. The van der Waals surface area contributed by atoms with E-state index >= 15 is 0 Å². The van der Waals surface area contributed by atoms with Gasteiger partial charge < -0.3 is 30.9 Å². The van der Waals surface area contributed by atoms with Crippen molar-refractivity contribution >= 4 is 0 Å². The number of ether oxygens (including phenoxy) is 1. The van der Waals surface area contributed by atoms with Crippen molar-refractivity contribution in [3.63, 3.8) is 0 Å².